The fourth-order valence-corrected chi connectivity index (χ4v) is 7.53. The number of benzene rings is 1. The van der Waals surface area contributed by atoms with Gasteiger partial charge in [0.05, 0.1) is 56.6 Å². The number of aliphatic hydroxyl groups is 2. The van der Waals surface area contributed by atoms with Crippen molar-refractivity contribution in [3.05, 3.63) is 46.2 Å². The minimum absolute atomic E-state index is 0.0289. The topological polar surface area (TPSA) is 286 Å². The summed E-state index contributed by atoms with van der Waals surface area (Å²) in [5.74, 6) is -6.89. The van der Waals surface area contributed by atoms with E-state index in [1.165, 1.54) is 32.3 Å². The monoisotopic (exact) mass is 531 g/mol. The highest BCUT2D eigenvalue weighted by Gasteiger charge is 2.80. The molecule has 13 N–H and O–H groups in total. The molecule has 0 bridgehead atoms. The molecule has 1 amide bonds. The first-order valence-electron chi connectivity index (χ1n) is 10.7. The minimum Gasteiger partial charge on any atom is -0.509 e. The molecule has 1 fully saturated rings. The first-order chi connectivity index (χ1) is 17.1. The number of Topliss-reactive ketones (excluding diaryl/α,β-unsaturated/α-hetero) is 2. The number of hydrogen-bond acceptors (Lipinski definition) is 12. The molecule has 0 spiro atoms. The van der Waals surface area contributed by atoms with E-state index >= 15 is 0 Å². The number of fused-ring (bicyclic) bond motifs is 3. The number of phenolic OH excluding ortho intramolecular Hbond substituents is 1. The van der Waals surface area contributed by atoms with Crippen LogP contribution < -0.4 is 28.1 Å². The van der Waals surface area contributed by atoms with Crippen molar-refractivity contribution >= 4 is 34.2 Å². The van der Waals surface area contributed by atoms with Gasteiger partial charge in [-0.3, -0.25) is 24.4 Å². The maximum absolute atomic E-state index is 14.3. The largest absolute Gasteiger partial charge is 0.509 e. The molecule has 0 radical (unpaired) electrons. The third kappa shape index (κ3) is 2.74. The lowest BCUT2D eigenvalue weighted by Crippen LogP contribution is -2.88. The van der Waals surface area contributed by atoms with Gasteiger partial charge in [-0.2, -0.15) is 5.26 Å². The standard InChI is InChI=1S/C22H25N7O7S/c1-29(2)15-13(32)10(18(25)35)16(33)20(6-23)17(34)11-12(31)9-7(4-3-5-8(9)30)14(24)21(11,26)19(37(28)36)22(15,20)27/h3-5,14-15,19,30-31,33H,24,26-28H2,1-2H3,(H2,25,35)/t14-,15+,19-,20-,21+,22-,37?/m0/s1. The third-order valence-corrected chi connectivity index (χ3v) is 8.86. The van der Waals surface area contributed by atoms with Crippen LogP contribution in [0.3, 0.4) is 0 Å². The van der Waals surface area contributed by atoms with Crippen LogP contribution in [0, 0.1) is 16.7 Å². The van der Waals surface area contributed by atoms with Crippen LogP contribution in [0.5, 0.6) is 5.75 Å². The number of carbonyl (C=O) groups is 3. The Morgan fingerprint density at radius 1 is 1.19 bits per heavy atom. The zero-order valence-electron chi connectivity index (χ0n) is 19.6. The lowest BCUT2D eigenvalue weighted by Gasteiger charge is -2.63. The summed E-state index contributed by atoms with van der Waals surface area (Å²) in [4.78, 5) is 41.2. The second kappa shape index (κ2) is 7.92. The Balaban J connectivity index is 2.30. The van der Waals surface area contributed by atoms with Gasteiger partial charge in [0, 0.05) is 0 Å². The Morgan fingerprint density at radius 3 is 2.27 bits per heavy atom. The molecule has 0 heterocycles. The van der Waals surface area contributed by atoms with E-state index in [9.17, 15) is 39.2 Å². The van der Waals surface area contributed by atoms with Gasteiger partial charge in [0.2, 0.25) is 0 Å². The lowest BCUT2D eigenvalue weighted by atomic mass is 9.46. The average Bonchev–Trinajstić information content (AvgIpc) is 2.76. The maximum atomic E-state index is 14.3. The molecule has 1 saturated carbocycles. The molecule has 196 valence electrons. The van der Waals surface area contributed by atoms with Gasteiger partial charge in [0.25, 0.3) is 5.91 Å². The number of rotatable bonds is 3. The zero-order valence-corrected chi connectivity index (χ0v) is 20.4. The summed E-state index contributed by atoms with van der Waals surface area (Å²) in [7, 11) is -0.0449. The van der Waals surface area contributed by atoms with Gasteiger partial charge in [-0.05, 0) is 25.7 Å². The van der Waals surface area contributed by atoms with Crippen LogP contribution in [0.2, 0.25) is 0 Å². The van der Waals surface area contributed by atoms with Gasteiger partial charge in [-0.25, -0.2) is 4.21 Å². The molecule has 4 rings (SSSR count). The Bertz CT molecular complexity index is 1430. The van der Waals surface area contributed by atoms with Crippen molar-refractivity contribution in [2.45, 2.75) is 28.4 Å². The normalized spacial score (nSPS) is 36.0. The number of primary amides is 1. The molecule has 0 aliphatic heterocycles. The van der Waals surface area contributed by atoms with Crippen LogP contribution in [-0.4, -0.2) is 78.4 Å². The smallest absolute Gasteiger partial charge is 0.255 e. The minimum atomic E-state index is -3.03. The Morgan fingerprint density at radius 2 is 1.78 bits per heavy atom. The van der Waals surface area contributed by atoms with Crippen molar-refractivity contribution < 1.29 is 33.9 Å². The van der Waals surface area contributed by atoms with Crippen molar-refractivity contribution in [2.75, 3.05) is 14.1 Å². The quantitative estimate of drug-likeness (QED) is 0.181. The fraction of sp³-hybridized carbons (Fsp3) is 0.364. The summed E-state index contributed by atoms with van der Waals surface area (Å²) >= 11 is 0. The number of nitriles is 1. The molecule has 0 aromatic heterocycles. The number of hydrogen-bond donors (Lipinski definition) is 8. The summed E-state index contributed by atoms with van der Waals surface area (Å²) in [5.41, 5.74) is 15.0. The third-order valence-electron chi connectivity index (χ3n) is 7.62. The number of nitrogens with two attached hydrogens (primary N) is 5. The second-order valence-corrected chi connectivity index (χ2v) is 10.7. The first kappa shape index (κ1) is 26.4. The predicted octanol–water partition coefficient (Wildman–Crippen LogP) is -3.04. The number of phenols is 1. The van der Waals surface area contributed by atoms with Gasteiger partial charge in [0.1, 0.15) is 22.8 Å². The summed E-state index contributed by atoms with van der Waals surface area (Å²) in [6.45, 7) is 0. The molecule has 37 heavy (non-hydrogen) atoms. The molecule has 14 nitrogen and oxygen atoms in total. The number of aromatic hydroxyl groups is 1. The average molecular weight is 532 g/mol. The SMILES string of the molecule is CN(C)[C@@H]1C(=O)C(C(N)=O)=C(O)[C@@]2(C#N)C(=O)C3=C(O)c4c(O)cccc4[C@H](N)[C@@]3(N)[C@H](S(N)=O)[C@@]12N. The van der Waals surface area contributed by atoms with Crippen molar-refractivity contribution in [1.29, 1.82) is 5.26 Å². The van der Waals surface area contributed by atoms with Crippen molar-refractivity contribution in [1.82, 2.24) is 4.90 Å². The molecule has 3 aliphatic rings. The van der Waals surface area contributed by atoms with Gasteiger partial charge >= 0.3 is 0 Å². The van der Waals surface area contributed by atoms with Crippen LogP contribution in [-0.2, 0) is 25.4 Å². The first-order valence-corrected chi connectivity index (χ1v) is 12.0. The highest BCUT2D eigenvalue weighted by atomic mass is 32.2. The number of amides is 1. The fourth-order valence-electron chi connectivity index (χ4n) is 6.20. The van der Waals surface area contributed by atoms with E-state index < -0.39 is 90.7 Å². The van der Waals surface area contributed by atoms with E-state index in [4.69, 9.17) is 28.1 Å². The summed E-state index contributed by atoms with van der Waals surface area (Å²) < 4.78 is 13.3. The van der Waals surface area contributed by atoms with E-state index in [1.807, 2.05) is 0 Å². The maximum Gasteiger partial charge on any atom is 0.255 e. The van der Waals surface area contributed by atoms with Crippen LogP contribution >= 0.6 is 0 Å². The van der Waals surface area contributed by atoms with E-state index in [0.29, 0.717) is 0 Å². The molecule has 1 aromatic carbocycles. The van der Waals surface area contributed by atoms with E-state index in [0.717, 1.165) is 4.90 Å². The van der Waals surface area contributed by atoms with Crippen LogP contribution in [0.4, 0.5) is 0 Å². The molecule has 1 aromatic rings. The zero-order chi connectivity index (χ0) is 28.0. The van der Waals surface area contributed by atoms with Crippen LogP contribution in [0.15, 0.2) is 35.1 Å². The second-order valence-electron chi connectivity index (χ2n) is 9.53. The van der Waals surface area contributed by atoms with E-state index in [1.54, 1.807) is 6.07 Å². The Kier molecular flexibility index (Phi) is 5.66. The Labute approximate surface area is 212 Å². The molecule has 0 saturated heterocycles. The van der Waals surface area contributed by atoms with Crippen molar-refractivity contribution in [3.63, 3.8) is 0 Å². The van der Waals surface area contributed by atoms with E-state index in [-0.39, 0.29) is 11.1 Å². The molecule has 7 atom stereocenters. The number of likely N-dealkylation sites (N-methyl/N-ethyl adjacent to an activating group) is 1. The molecular weight excluding hydrogens is 506 g/mol. The summed E-state index contributed by atoms with van der Waals surface area (Å²) in [6, 6.07) is 2.24. The molecule has 15 heteroatoms. The Hall–Kier alpha value is -3.65. The highest BCUT2D eigenvalue weighted by molar-refractivity contribution is 7.83. The summed E-state index contributed by atoms with van der Waals surface area (Å²) in [6.07, 6.45) is 0. The molecular formula is C22H25N7O7S. The van der Waals surface area contributed by atoms with Crippen LogP contribution in [0.1, 0.15) is 17.2 Å². The van der Waals surface area contributed by atoms with Crippen molar-refractivity contribution in [2.24, 2.45) is 33.5 Å². The summed E-state index contributed by atoms with van der Waals surface area (Å²) in [5, 5.41) is 47.3. The van der Waals surface area contributed by atoms with Gasteiger partial charge in [0.15, 0.2) is 17.0 Å². The lowest BCUT2D eigenvalue weighted by molar-refractivity contribution is -0.138. The molecule has 1 unspecified atom stereocenters. The number of ketones is 2. The molecule has 3 aliphatic carbocycles. The van der Waals surface area contributed by atoms with Gasteiger partial charge < -0.3 is 38.3 Å². The van der Waals surface area contributed by atoms with Crippen LogP contribution in [0.25, 0.3) is 5.76 Å². The van der Waals surface area contributed by atoms with Gasteiger partial charge in [-0.1, -0.05) is 12.1 Å². The van der Waals surface area contributed by atoms with Gasteiger partial charge in [-0.15, -0.1) is 0 Å². The number of carbonyl (C=O) groups excluding carboxylic acids is 3. The predicted molar refractivity (Wildman–Crippen MR) is 129 cm³/mol. The number of nitrogens with zero attached hydrogens (tertiary/aromatic N) is 2. The number of aliphatic hydroxyl groups excluding tert-OH is 2. The highest BCUT2D eigenvalue weighted by Crippen LogP contribution is 2.60. The van der Waals surface area contributed by atoms with E-state index in [2.05, 4.69) is 0 Å². The van der Waals surface area contributed by atoms with Crippen molar-refractivity contribution in [3.8, 4) is 11.8 Å².